The van der Waals surface area contributed by atoms with Gasteiger partial charge in [-0.15, -0.1) is 0 Å². The SMILES string of the molecule is c1ccc(C2(c3ccccc3)c3ccccc3-c3ccc(N(c4ccc(-c5cccc6oc7c8ccccc8ccc7c56)cc4)c4ccccc4-c4cccc5c4ccc4ccccc45)cc32)cc1. The standard InChI is InChI=1S/C67H43NO/c1-3-19-47(20-4-1)67(48-21-5-2-6-22-48)61-30-13-11-25-57(61)58-42-39-50(43-62(58)67)68(63-31-14-12-26-59(63)55-29-15-28-54-51-23-9-7-17-44(51)35-40-56(54)55)49-37-33-46(34-38-49)52-27-16-32-64-65(52)60-41-36-45-18-8-10-24-53(45)66(60)69-64/h1-43H. The summed E-state index contributed by atoms with van der Waals surface area (Å²) >= 11 is 0. The Balaban J connectivity index is 1.00. The van der Waals surface area contributed by atoms with E-state index in [0.29, 0.717) is 0 Å². The van der Waals surface area contributed by atoms with Crippen molar-refractivity contribution >= 4 is 71.3 Å². The Bertz CT molecular complexity index is 4090. The number of benzene rings is 12. The Labute approximate surface area is 400 Å². The van der Waals surface area contributed by atoms with Gasteiger partial charge in [0.1, 0.15) is 11.2 Å². The third kappa shape index (κ3) is 5.92. The number of nitrogens with zero attached hydrogens (tertiary/aromatic N) is 1. The molecule has 0 N–H and O–H groups in total. The van der Waals surface area contributed by atoms with Gasteiger partial charge < -0.3 is 9.32 Å². The predicted molar refractivity (Wildman–Crippen MR) is 289 cm³/mol. The molecule has 69 heavy (non-hydrogen) atoms. The first-order valence-electron chi connectivity index (χ1n) is 23.8. The van der Waals surface area contributed by atoms with Gasteiger partial charge in [-0.2, -0.15) is 0 Å². The van der Waals surface area contributed by atoms with Crippen LogP contribution >= 0.6 is 0 Å². The maximum atomic E-state index is 6.65. The zero-order valence-corrected chi connectivity index (χ0v) is 37.7. The van der Waals surface area contributed by atoms with E-state index in [4.69, 9.17) is 4.42 Å². The number of hydrogen-bond acceptors (Lipinski definition) is 2. The van der Waals surface area contributed by atoms with Crippen LogP contribution in [0.5, 0.6) is 0 Å². The first-order valence-corrected chi connectivity index (χ1v) is 23.8. The average molecular weight is 878 g/mol. The normalized spacial score (nSPS) is 12.8. The van der Waals surface area contributed by atoms with Crippen LogP contribution in [-0.4, -0.2) is 0 Å². The van der Waals surface area contributed by atoms with Crippen LogP contribution in [0.25, 0.3) is 87.6 Å². The Morgan fingerprint density at radius 2 is 0.884 bits per heavy atom. The van der Waals surface area contributed by atoms with Crippen molar-refractivity contribution < 1.29 is 4.42 Å². The molecule has 13 aromatic rings. The van der Waals surface area contributed by atoms with Gasteiger partial charge in [-0.25, -0.2) is 0 Å². The van der Waals surface area contributed by atoms with E-state index in [9.17, 15) is 0 Å². The molecule has 1 aliphatic carbocycles. The summed E-state index contributed by atoms with van der Waals surface area (Å²) in [5.41, 5.74) is 16.7. The monoisotopic (exact) mass is 877 g/mol. The largest absolute Gasteiger partial charge is 0.455 e. The number of hydrogen-bond donors (Lipinski definition) is 0. The zero-order valence-electron chi connectivity index (χ0n) is 37.7. The fourth-order valence-corrected chi connectivity index (χ4v) is 11.8. The van der Waals surface area contributed by atoms with Gasteiger partial charge in [0.2, 0.25) is 0 Å². The lowest BCUT2D eigenvalue weighted by Crippen LogP contribution is -2.28. The maximum Gasteiger partial charge on any atom is 0.143 e. The van der Waals surface area contributed by atoms with Crippen molar-refractivity contribution in [2.24, 2.45) is 0 Å². The van der Waals surface area contributed by atoms with E-state index in [-0.39, 0.29) is 0 Å². The second-order valence-corrected chi connectivity index (χ2v) is 18.3. The number of rotatable bonds is 7. The Morgan fingerprint density at radius 3 is 1.67 bits per heavy atom. The molecule has 1 aromatic heterocycles. The fraction of sp³-hybridized carbons (Fsp3) is 0.0149. The lowest BCUT2D eigenvalue weighted by atomic mass is 9.67. The molecule has 0 radical (unpaired) electrons. The summed E-state index contributed by atoms with van der Waals surface area (Å²) in [6.45, 7) is 0. The van der Waals surface area contributed by atoms with E-state index in [1.54, 1.807) is 0 Å². The Morgan fingerprint density at radius 1 is 0.319 bits per heavy atom. The molecule has 1 aliphatic rings. The van der Waals surface area contributed by atoms with Gasteiger partial charge in [0.25, 0.3) is 0 Å². The molecule has 0 bridgehead atoms. The Kier molecular flexibility index (Phi) is 8.84. The molecule has 322 valence electrons. The van der Waals surface area contributed by atoms with Crippen LogP contribution in [0.4, 0.5) is 17.1 Å². The minimum atomic E-state index is -0.548. The molecule has 0 saturated carbocycles. The van der Waals surface area contributed by atoms with Crippen molar-refractivity contribution in [2.45, 2.75) is 5.41 Å². The van der Waals surface area contributed by atoms with Gasteiger partial charge in [0, 0.05) is 33.1 Å². The second-order valence-electron chi connectivity index (χ2n) is 18.3. The zero-order chi connectivity index (χ0) is 45.5. The molecule has 1 heterocycles. The van der Waals surface area contributed by atoms with Crippen LogP contribution in [-0.2, 0) is 5.41 Å². The summed E-state index contributed by atoms with van der Waals surface area (Å²) in [4.78, 5) is 2.48. The van der Waals surface area contributed by atoms with E-state index >= 15 is 0 Å². The summed E-state index contributed by atoms with van der Waals surface area (Å²) in [6, 6.07) is 95.7. The Hall–Kier alpha value is -8.98. The summed E-state index contributed by atoms with van der Waals surface area (Å²) < 4.78 is 6.65. The van der Waals surface area contributed by atoms with Crippen LogP contribution in [0, 0.1) is 0 Å². The second kappa shape index (κ2) is 15.6. The van der Waals surface area contributed by atoms with Crippen LogP contribution in [0.15, 0.2) is 265 Å². The molecule has 12 aromatic carbocycles. The van der Waals surface area contributed by atoms with Crippen LogP contribution < -0.4 is 4.90 Å². The highest BCUT2D eigenvalue weighted by atomic mass is 16.3. The molecular formula is C67H43NO. The van der Waals surface area contributed by atoms with Crippen LogP contribution in [0.3, 0.4) is 0 Å². The van der Waals surface area contributed by atoms with Crippen molar-refractivity contribution in [1.82, 2.24) is 0 Å². The number of anilines is 3. The molecule has 0 saturated heterocycles. The van der Waals surface area contributed by atoms with Crippen molar-refractivity contribution in [3.63, 3.8) is 0 Å². The smallest absolute Gasteiger partial charge is 0.143 e. The molecule has 14 rings (SSSR count). The number of furan rings is 1. The average Bonchev–Trinajstić information content (AvgIpc) is 3.96. The van der Waals surface area contributed by atoms with Crippen LogP contribution in [0.1, 0.15) is 22.3 Å². The third-order valence-electron chi connectivity index (χ3n) is 14.7. The summed E-state index contributed by atoms with van der Waals surface area (Å²) in [7, 11) is 0. The molecule has 2 nitrogen and oxygen atoms in total. The van der Waals surface area contributed by atoms with Crippen molar-refractivity contribution in [2.75, 3.05) is 4.90 Å². The first kappa shape index (κ1) is 39.2. The van der Waals surface area contributed by atoms with E-state index < -0.39 is 5.41 Å². The van der Waals surface area contributed by atoms with Gasteiger partial charge >= 0.3 is 0 Å². The van der Waals surface area contributed by atoms with Gasteiger partial charge in [0.15, 0.2) is 0 Å². The first-order chi connectivity index (χ1) is 34.2. The molecule has 0 spiro atoms. The summed E-state index contributed by atoms with van der Waals surface area (Å²) in [5, 5.41) is 9.53. The van der Waals surface area contributed by atoms with E-state index in [0.717, 1.165) is 61.1 Å². The molecule has 0 unspecified atom stereocenters. The minimum Gasteiger partial charge on any atom is -0.455 e. The van der Waals surface area contributed by atoms with Gasteiger partial charge in [0.05, 0.1) is 11.1 Å². The quantitative estimate of drug-likeness (QED) is 0.148. The van der Waals surface area contributed by atoms with Gasteiger partial charge in [-0.05, 0) is 119 Å². The van der Waals surface area contributed by atoms with Crippen molar-refractivity contribution in [1.29, 1.82) is 0 Å². The molecule has 2 heteroatoms. The molecular weight excluding hydrogens is 835 g/mol. The topological polar surface area (TPSA) is 16.4 Å². The fourth-order valence-electron chi connectivity index (χ4n) is 11.8. The van der Waals surface area contributed by atoms with Gasteiger partial charge in [-0.3, -0.25) is 0 Å². The highest BCUT2D eigenvalue weighted by Crippen LogP contribution is 2.57. The van der Waals surface area contributed by atoms with Crippen LogP contribution in [0.2, 0.25) is 0 Å². The number of fused-ring (bicyclic) bond motifs is 11. The van der Waals surface area contributed by atoms with Crippen molar-refractivity contribution in [3.05, 3.63) is 283 Å². The van der Waals surface area contributed by atoms with E-state index in [1.165, 1.54) is 65.9 Å². The number of para-hydroxylation sites is 1. The molecule has 0 atom stereocenters. The minimum absolute atomic E-state index is 0.548. The highest BCUT2D eigenvalue weighted by molar-refractivity contribution is 6.19. The summed E-state index contributed by atoms with van der Waals surface area (Å²) in [6.07, 6.45) is 0. The third-order valence-corrected chi connectivity index (χ3v) is 14.7. The molecule has 0 amide bonds. The predicted octanol–water partition coefficient (Wildman–Crippen LogP) is 18.2. The van der Waals surface area contributed by atoms with Gasteiger partial charge in [-0.1, -0.05) is 218 Å². The lowest BCUT2D eigenvalue weighted by molar-refractivity contribution is 0.673. The van der Waals surface area contributed by atoms with E-state index in [1.807, 2.05) is 0 Å². The highest BCUT2D eigenvalue weighted by Gasteiger charge is 2.46. The van der Waals surface area contributed by atoms with E-state index in [2.05, 4.69) is 266 Å². The summed E-state index contributed by atoms with van der Waals surface area (Å²) in [5.74, 6) is 0. The van der Waals surface area contributed by atoms with Crippen molar-refractivity contribution in [3.8, 4) is 33.4 Å². The molecule has 0 fully saturated rings. The lowest BCUT2D eigenvalue weighted by Gasteiger charge is -2.35. The maximum absolute atomic E-state index is 6.65. The molecule has 0 aliphatic heterocycles.